The minimum atomic E-state index is 0.106. The van der Waals surface area contributed by atoms with E-state index < -0.39 is 0 Å². The molecule has 0 fully saturated rings. The van der Waals surface area contributed by atoms with Crippen molar-refractivity contribution in [1.82, 2.24) is 9.97 Å². The van der Waals surface area contributed by atoms with Gasteiger partial charge in [-0.2, -0.15) is 0 Å². The average molecular weight is 275 g/mol. The van der Waals surface area contributed by atoms with Crippen LogP contribution in [0.2, 0.25) is 5.15 Å². The lowest BCUT2D eigenvalue weighted by Crippen LogP contribution is -2.20. The van der Waals surface area contributed by atoms with Gasteiger partial charge in [0.1, 0.15) is 5.15 Å². The van der Waals surface area contributed by atoms with Gasteiger partial charge in [-0.05, 0) is 23.8 Å². The number of carbonyl (C=O) groups excluding carboxylic acids is 1. The van der Waals surface area contributed by atoms with Crippen molar-refractivity contribution in [2.24, 2.45) is 0 Å². The maximum atomic E-state index is 11.6. The van der Waals surface area contributed by atoms with Crippen LogP contribution in [0.3, 0.4) is 0 Å². The normalized spacial score (nSPS) is 13.6. The quantitative estimate of drug-likeness (QED) is 0.913. The Kier molecular flexibility index (Phi) is 2.83. The number of fused-ring (bicyclic) bond motifs is 1. The smallest absolute Gasteiger partial charge is 0.231 e. The van der Waals surface area contributed by atoms with E-state index in [4.69, 9.17) is 11.6 Å². The summed E-state index contributed by atoms with van der Waals surface area (Å²) in [6.07, 6.45) is 3.50. The summed E-state index contributed by atoms with van der Waals surface area (Å²) >= 11 is 5.78. The van der Waals surface area contributed by atoms with Crippen molar-refractivity contribution in [2.45, 2.75) is 6.42 Å². The van der Waals surface area contributed by atoms with E-state index in [0.717, 1.165) is 16.9 Å². The van der Waals surface area contributed by atoms with Crippen LogP contribution in [0.4, 0.5) is 17.2 Å². The Balaban J connectivity index is 1.88. The molecule has 0 saturated carbocycles. The van der Waals surface area contributed by atoms with Gasteiger partial charge < -0.3 is 10.2 Å². The fourth-order valence-electron chi connectivity index (χ4n) is 2.10. The summed E-state index contributed by atoms with van der Waals surface area (Å²) < 4.78 is 0. The third-order valence-electron chi connectivity index (χ3n) is 3.03. The number of carbonyl (C=O) groups is 1. The van der Waals surface area contributed by atoms with Gasteiger partial charge in [-0.25, -0.2) is 4.98 Å². The Labute approximate surface area is 115 Å². The summed E-state index contributed by atoms with van der Waals surface area (Å²) in [7, 11) is 1.78. The highest BCUT2D eigenvalue weighted by Gasteiger charge is 2.23. The number of halogens is 1. The summed E-state index contributed by atoms with van der Waals surface area (Å²) in [5.41, 5.74) is 2.82. The Bertz CT molecular complexity index is 659. The van der Waals surface area contributed by atoms with Crippen molar-refractivity contribution in [1.29, 1.82) is 0 Å². The first-order chi connectivity index (χ1) is 9.13. The number of nitrogens with zero attached hydrogens (tertiary/aromatic N) is 3. The molecule has 1 amide bonds. The van der Waals surface area contributed by atoms with Crippen LogP contribution in [-0.2, 0) is 11.2 Å². The summed E-state index contributed by atoms with van der Waals surface area (Å²) in [6, 6.07) is 5.76. The SMILES string of the molecule is CN1C(=O)Cc2cc(Nc3cncc(Cl)n3)ccc21. The second-order valence-corrected chi connectivity index (χ2v) is 4.71. The van der Waals surface area contributed by atoms with Crippen LogP contribution >= 0.6 is 11.6 Å². The van der Waals surface area contributed by atoms with E-state index in [9.17, 15) is 4.79 Å². The van der Waals surface area contributed by atoms with Crippen LogP contribution in [0, 0.1) is 0 Å². The zero-order valence-electron chi connectivity index (χ0n) is 10.2. The predicted molar refractivity (Wildman–Crippen MR) is 73.9 cm³/mol. The minimum Gasteiger partial charge on any atom is -0.339 e. The van der Waals surface area contributed by atoms with Crippen molar-refractivity contribution in [2.75, 3.05) is 17.3 Å². The third-order valence-corrected chi connectivity index (χ3v) is 3.22. The summed E-state index contributed by atoms with van der Waals surface area (Å²) in [6.45, 7) is 0. The van der Waals surface area contributed by atoms with Crippen LogP contribution < -0.4 is 10.2 Å². The van der Waals surface area contributed by atoms with Crippen molar-refractivity contribution in [3.8, 4) is 0 Å². The molecule has 2 aromatic rings. The zero-order valence-corrected chi connectivity index (χ0v) is 11.0. The lowest BCUT2D eigenvalue weighted by molar-refractivity contribution is -0.117. The summed E-state index contributed by atoms with van der Waals surface area (Å²) in [4.78, 5) is 21.3. The molecule has 0 aliphatic carbocycles. The van der Waals surface area contributed by atoms with Gasteiger partial charge in [0.15, 0.2) is 5.82 Å². The lowest BCUT2D eigenvalue weighted by Gasteiger charge is -2.11. The molecule has 2 heterocycles. The van der Waals surface area contributed by atoms with Crippen LogP contribution in [0.15, 0.2) is 30.6 Å². The Morgan fingerprint density at radius 1 is 1.37 bits per heavy atom. The Hall–Kier alpha value is -2.14. The number of hydrogen-bond acceptors (Lipinski definition) is 4. The fraction of sp³-hybridized carbons (Fsp3) is 0.154. The maximum Gasteiger partial charge on any atom is 0.231 e. The van der Waals surface area contributed by atoms with Gasteiger partial charge in [0.05, 0.1) is 18.8 Å². The monoisotopic (exact) mass is 274 g/mol. The molecule has 1 aliphatic heterocycles. The van der Waals surface area contributed by atoms with Crippen molar-refractivity contribution in [3.63, 3.8) is 0 Å². The molecule has 5 nitrogen and oxygen atoms in total. The molecule has 0 saturated heterocycles. The van der Waals surface area contributed by atoms with Crippen molar-refractivity contribution >= 4 is 34.7 Å². The molecule has 96 valence electrons. The minimum absolute atomic E-state index is 0.106. The van der Waals surface area contributed by atoms with Crippen LogP contribution in [-0.4, -0.2) is 22.9 Å². The molecule has 6 heteroatoms. The Morgan fingerprint density at radius 2 is 2.21 bits per heavy atom. The first-order valence-corrected chi connectivity index (χ1v) is 6.15. The Morgan fingerprint density at radius 3 is 3.00 bits per heavy atom. The van der Waals surface area contributed by atoms with Crippen molar-refractivity contribution in [3.05, 3.63) is 41.3 Å². The van der Waals surface area contributed by atoms with Gasteiger partial charge in [0.25, 0.3) is 0 Å². The highest BCUT2D eigenvalue weighted by atomic mass is 35.5. The van der Waals surface area contributed by atoms with E-state index in [0.29, 0.717) is 17.4 Å². The van der Waals surface area contributed by atoms with E-state index in [2.05, 4.69) is 15.3 Å². The number of benzene rings is 1. The summed E-state index contributed by atoms with van der Waals surface area (Å²) in [5.74, 6) is 0.680. The standard InChI is InChI=1S/C13H11ClN4O/c1-18-10-3-2-9(4-8(10)5-13(18)19)16-12-7-15-6-11(14)17-12/h2-4,6-7H,5H2,1H3,(H,16,17). The fourth-order valence-corrected chi connectivity index (χ4v) is 2.25. The number of hydrogen-bond donors (Lipinski definition) is 1. The molecule has 1 aliphatic rings. The van der Waals surface area contributed by atoms with Gasteiger partial charge >= 0.3 is 0 Å². The van der Waals surface area contributed by atoms with E-state index in [1.165, 1.54) is 6.20 Å². The second kappa shape index (κ2) is 4.51. The van der Waals surface area contributed by atoms with Crippen LogP contribution in [0.1, 0.15) is 5.56 Å². The second-order valence-electron chi connectivity index (χ2n) is 4.33. The van der Waals surface area contributed by atoms with Crippen LogP contribution in [0.25, 0.3) is 0 Å². The van der Waals surface area contributed by atoms with E-state index in [-0.39, 0.29) is 5.91 Å². The van der Waals surface area contributed by atoms with Crippen LogP contribution in [0.5, 0.6) is 0 Å². The maximum absolute atomic E-state index is 11.6. The molecule has 1 aromatic carbocycles. The molecule has 1 aromatic heterocycles. The molecule has 1 N–H and O–H groups in total. The molecule has 0 spiro atoms. The number of anilines is 3. The van der Waals surface area contributed by atoms with Gasteiger partial charge in [0, 0.05) is 18.4 Å². The molecule has 19 heavy (non-hydrogen) atoms. The van der Waals surface area contributed by atoms with Gasteiger partial charge in [-0.3, -0.25) is 9.78 Å². The van der Waals surface area contributed by atoms with Gasteiger partial charge in [0.2, 0.25) is 5.91 Å². The molecule has 3 rings (SSSR count). The lowest BCUT2D eigenvalue weighted by atomic mass is 10.1. The van der Waals surface area contributed by atoms with Gasteiger partial charge in [-0.1, -0.05) is 11.6 Å². The zero-order chi connectivity index (χ0) is 13.4. The molecular weight excluding hydrogens is 264 g/mol. The number of amides is 1. The van der Waals surface area contributed by atoms with Crippen molar-refractivity contribution < 1.29 is 4.79 Å². The topological polar surface area (TPSA) is 58.1 Å². The molecular formula is C13H11ClN4O. The third kappa shape index (κ3) is 2.24. The number of nitrogens with one attached hydrogen (secondary N) is 1. The molecule has 0 radical (unpaired) electrons. The number of likely N-dealkylation sites (N-methyl/N-ethyl adjacent to an activating group) is 1. The van der Waals surface area contributed by atoms with E-state index >= 15 is 0 Å². The predicted octanol–water partition coefficient (Wildman–Crippen LogP) is 2.39. The van der Waals surface area contributed by atoms with Gasteiger partial charge in [-0.15, -0.1) is 0 Å². The average Bonchev–Trinajstić information content (AvgIpc) is 2.65. The first-order valence-electron chi connectivity index (χ1n) is 5.77. The largest absolute Gasteiger partial charge is 0.339 e. The van der Waals surface area contributed by atoms with E-state index in [1.807, 2.05) is 18.2 Å². The molecule has 0 atom stereocenters. The molecule has 0 unspecified atom stereocenters. The summed E-state index contributed by atoms with van der Waals surface area (Å²) in [5, 5.41) is 3.45. The first kappa shape index (κ1) is 11.9. The molecule has 0 bridgehead atoms. The highest BCUT2D eigenvalue weighted by molar-refractivity contribution is 6.29. The highest BCUT2D eigenvalue weighted by Crippen LogP contribution is 2.30. The number of rotatable bonds is 2. The van der Waals surface area contributed by atoms with E-state index in [1.54, 1.807) is 18.1 Å². The number of aromatic nitrogens is 2.